The van der Waals surface area contributed by atoms with Crippen LogP contribution in [-0.4, -0.2) is 77.6 Å². The monoisotopic (exact) mass is 383 g/mol. The molecule has 27 heavy (non-hydrogen) atoms. The summed E-state index contributed by atoms with van der Waals surface area (Å²) in [7, 11) is 1.29. The molecule has 0 saturated carbocycles. The van der Waals surface area contributed by atoms with Crippen LogP contribution in [0.1, 0.15) is 47.0 Å². The number of fused-ring (bicyclic) bond motifs is 1. The number of esters is 1. The molecule has 0 aliphatic carbocycles. The third-order valence-corrected chi connectivity index (χ3v) is 4.80. The molecular formula is C18H29N3O6. The molecule has 1 unspecified atom stereocenters. The van der Waals surface area contributed by atoms with Gasteiger partial charge in [-0.15, -0.1) is 0 Å². The van der Waals surface area contributed by atoms with Crippen LogP contribution in [0.25, 0.3) is 0 Å². The van der Waals surface area contributed by atoms with Gasteiger partial charge >= 0.3 is 12.1 Å². The number of methoxy groups -OCH3 is 1. The molecular weight excluding hydrogens is 354 g/mol. The Kier molecular flexibility index (Phi) is 6.33. The maximum absolute atomic E-state index is 13.2. The van der Waals surface area contributed by atoms with E-state index in [-0.39, 0.29) is 18.5 Å². The summed E-state index contributed by atoms with van der Waals surface area (Å²) < 4.78 is 10.1. The van der Waals surface area contributed by atoms with Crippen LogP contribution in [0.15, 0.2) is 0 Å². The lowest BCUT2D eigenvalue weighted by Gasteiger charge is -2.38. The van der Waals surface area contributed by atoms with E-state index in [0.29, 0.717) is 25.8 Å². The number of nitrogens with one attached hydrogen (secondary N) is 1. The van der Waals surface area contributed by atoms with Gasteiger partial charge in [-0.25, -0.2) is 9.59 Å². The maximum Gasteiger partial charge on any atom is 0.408 e. The van der Waals surface area contributed by atoms with Crippen molar-refractivity contribution in [2.75, 3.05) is 20.2 Å². The smallest absolute Gasteiger partial charge is 0.408 e. The highest BCUT2D eigenvalue weighted by Gasteiger charge is 2.45. The number of hydrogen-bond acceptors (Lipinski definition) is 6. The van der Waals surface area contributed by atoms with Crippen LogP contribution in [-0.2, 0) is 23.9 Å². The molecule has 0 aromatic carbocycles. The summed E-state index contributed by atoms with van der Waals surface area (Å²) in [6.07, 6.45) is 0.992. The molecule has 2 rings (SSSR count). The van der Waals surface area contributed by atoms with Crippen LogP contribution in [0.5, 0.6) is 0 Å². The fourth-order valence-corrected chi connectivity index (χ4v) is 3.59. The molecule has 0 bridgehead atoms. The van der Waals surface area contributed by atoms with Crippen LogP contribution >= 0.6 is 0 Å². The van der Waals surface area contributed by atoms with E-state index in [1.807, 2.05) is 0 Å². The number of hydrogen-bond donors (Lipinski definition) is 1. The van der Waals surface area contributed by atoms with Crippen molar-refractivity contribution in [2.45, 2.75) is 70.7 Å². The predicted octanol–water partition coefficient (Wildman–Crippen LogP) is 0.665. The first-order valence-electron chi connectivity index (χ1n) is 9.18. The van der Waals surface area contributed by atoms with E-state index < -0.39 is 35.7 Å². The Labute approximate surface area is 159 Å². The molecule has 0 aromatic rings. The van der Waals surface area contributed by atoms with Crippen LogP contribution in [0, 0.1) is 0 Å². The molecule has 2 saturated heterocycles. The Hall–Kier alpha value is -2.32. The molecule has 0 spiro atoms. The molecule has 2 aliphatic heterocycles. The topological polar surface area (TPSA) is 105 Å². The van der Waals surface area contributed by atoms with Crippen molar-refractivity contribution in [2.24, 2.45) is 0 Å². The number of alkyl carbamates (subject to hydrolysis) is 1. The zero-order valence-corrected chi connectivity index (χ0v) is 16.6. The van der Waals surface area contributed by atoms with E-state index in [1.54, 1.807) is 25.7 Å². The number of carbonyl (C=O) groups excluding carboxylic acids is 4. The zero-order chi connectivity index (χ0) is 20.4. The van der Waals surface area contributed by atoms with Gasteiger partial charge in [0.15, 0.2) is 0 Å². The summed E-state index contributed by atoms with van der Waals surface area (Å²) >= 11 is 0. The average molecular weight is 383 g/mol. The Bertz CT molecular complexity index is 615. The van der Waals surface area contributed by atoms with Gasteiger partial charge in [-0.3, -0.25) is 9.59 Å². The van der Waals surface area contributed by atoms with Crippen molar-refractivity contribution in [3.8, 4) is 0 Å². The van der Waals surface area contributed by atoms with Gasteiger partial charge in [-0.05, 0) is 40.0 Å². The summed E-state index contributed by atoms with van der Waals surface area (Å²) in [5, 5.41) is 2.57. The first-order valence-corrected chi connectivity index (χ1v) is 9.18. The fraction of sp³-hybridized carbons (Fsp3) is 0.778. The van der Waals surface area contributed by atoms with Gasteiger partial charge in [-0.1, -0.05) is 0 Å². The highest BCUT2D eigenvalue weighted by Crippen LogP contribution is 2.30. The number of ether oxygens (including phenoxy) is 2. The summed E-state index contributed by atoms with van der Waals surface area (Å²) in [6.45, 7) is 7.07. The van der Waals surface area contributed by atoms with Gasteiger partial charge in [-0.2, -0.15) is 0 Å². The minimum absolute atomic E-state index is 0.0323. The number of carbonyl (C=O) groups is 4. The molecule has 3 atom stereocenters. The van der Waals surface area contributed by atoms with E-state index in [1.165, 1.54) is 18.9 Å². The average Bonchev–Trinajstić information content (AvgIpc) is 2.96. The van der Waals surface area contributed by atoms with Gasteiger partial charge < -0.3 is 24.6 Å². The standard InChI is InChI=1S/C18H29N3O6/c1-11(22)20-9-8-12-6-7-14(16(24)26-5)21(12)15(23)13(10-20)19-17(25)27-18(2,3)4/h12-14H,6-10H2,1-5H3,(H,19,25)/t12?,13-,14-/m0/s1. The van der Waals surface area contributed by atoms with Gasteiger partial charge in [0.25, 0.3) is 0 Å². The highest BCUT2D eigenvalue weighted by atomic mass is 16.6. The van der Waals surface area contributed by atoms with Crippen molar-refractivity contribution >= 4 is 23.9 Å². The fourth-order valence-electron chi connectivity index (χ4n) is 3.59. The van der Waals surface area contributed by atoms with Crippen molar-refractivity contribution in [3.63, 3.8) is 0 Å². The second-order valence-electron chi connectivity index (χ2n) is 7.97. The van der Waals surface area contributed by atoms with Crippen LogP contribution < -0.4 is 5.32 Å². The Balaban J connectivity index is 2.26. The summed E-state index contributed by atoms with van der Waals surface area (Å²) in [4.78, 5) is 52.5. The van der Waals surface area contributed by atoms with E-state index >= 15 is 0 Å². The largest absolute Gasteiger partial charge is 0.467 e. The lowest BCUT2D eigenvalue weighted by Crippen LogP contribution is -2.60. The van der Waals surface area contributed by atoms with Gasteiger partial charge in [0.2, 0.25) is 11.8 Å². The van der Waals surface area contributed by atoms with E-state index in [0.717, 1.165) is 0 Å². The molecule has 9 nitrogen and oxygen atoms in total. The third-order valence-electron chi connectivity index (χ3n) is 4.80. The number of nitrogens with zero attached hydrogens (tertiary/aromatic N) is 2. The number of amides is 3. The molecule has 2 aliphatic rings. The van der Waals surface area contributed by atoms with E-state index in [2.05, 4.69) is 5.32 Å². The van der Waals surface area contributed by atoms with Gasteiger partial charge in [0.1, 0.15) is 17.7 Å². The van der Waals surface area contributed by atoms with Gasteiger partial charge in [0.05, 0.1) is 13.7 Å². The Morgan fingerprint density at radius 2 is 1.81 bits per heavy atom. The predicted molar refractivity (Wildman–Crippen MR) is 95.7 cm³/mol. The summed E-state index contributed by atoms with van der Waals surface area (Å²) in [5.41, 5.74) is -0.722. The second kappa shape index (κ2) is 8.14. The minimum atomic E-state index is -0.989. The van der Waals surface area contributed by atoms with E-state index in [9.17, 15) is 19.2 Å². The van der Waals surface area contributed by atoms with Crippen molar-refractivity contribution < 1.29 is 28.7 Å². The first-order chi connectivity index (χ1) is 12.5. The first kappa shape index (κ1) is 21.0. The molecule has 3 amide bonds. The minimum Gasteiger partial charge on any atom is -0.467 e. The third kappa shape index (κ3) is 5.11. The van der Waals surface area contributed by atoms with Crippen molar-refractivity contribution in [1.29, 1.82) is 0 Å². The molecule has 2 heterocycles. The maximum atomic E-state index is 13.2. The Morgan fingerprint density at radius 3 is 2.37 bits per heavy atom. The second-order valence-corrected chi connectivity index (χ2v) is 7.97. The molecule has 0 aromatic heterocycles. The van der Waals surface area contributed by atoms with Crippen molar-refractivity contribution in [1.82, 2.24) is 15.1 Å². The van der Waals surface area contributed by atoms with Crippen LogP contribution in [0.4, 0.5) is 4.79 Å². The molecule has 2 fully saturated rings. The van der Waals surface area contributed by atoms with Crippen LogP contribution in [0.2, 0.25) is 0 Å². The van der Waals surface area contributed by atoms with Crippen molar-refractivity contribution in [3.05, 3.63) is 0 Å². The SMILES string of the molecule is COC(=O)[C@@H]1CCC2CCN(C(C)=O)C[C@H](NC(=O)OC(C)(C)C)C(=O)N21. The lowest BCUT2D eigenvalue weighted by molar-refractivity contribution is -0.154. The van der Waals surface area contributed by atoms with Gasteiger partial charge in [0, 0.05) is 19.5 Å². The van der Waals surface area contributed by atoms with E-state index in [4.69, 9.17) is 9.47 Å². The highest BCUT2D eigenvalue weighted by molar-refractivity contribution is 5.91. The Morgan fingerprint density at radius 1 is 1.15 bits per heavy atom. The quantitative estimate of drug-likeness (QED) is 0.703. The van der Waals surface area contributed by atoms with Crippen LogP contribution in [0.3, 0.4) is 0 Å². The molecule has 0 radical (unpaired) electrons. The molecule has 1 N–H and O–H groups in total. The molecule has 9 heteroatoms. The number of rotatable bonds is 2. The summed E-state index contributed by atoms with van der Waals surface area (Å²) in [5.74, 6) is -1.04. The zero-order valence-electron chi connectivity index (χ0n) is 16.6. The molecule has 152 valence electrons. The normalized spacial score (nSPS) is 26.0. The lowest BCUT2D eigenvalue weighted by atomic mass is 10.1. The summed E-state index contributed by atoms with van der Waals surface area (Å²) in [6, 6.07) is -1.83.